The predicted octanol–water partition coefficient (Wildman–Crippen LogP) is 2.39. The molecule has 108 valence electrons. The van der Waals surface area contributed by atoms with Gasteiger partial charge in [-0.1, -0.05) is 42.5 Å². The fourth-order valence-corrected chi connectivity index (χ4v) is 1.92. The smallest absolute Gasteiger partial charge is 0.337 e. The van der Waals surface area contributed by atoms with Crippen molar-refractivity contribution in [2.24, 2.45) is 0 Å². The lowest BCUT2D eigenvalue weighted by molar-refractivity contribution is 0.0601. The number of esters is 1. The zero-order valence-electron chi connectivity index (χ0n) is 11.8. The summed E-state index contributed by atoms with van der Waals surface area (Å²) in [7, 11) is 1.34. The van der Waals surface area contributed by atoms with Crippen molar-refractivity contribution >= 4 is 5.97 Å². The maximum Gasteiger partial charge on any atom is 0.337 e. The lowest BCUT2D eigenvalue weighted by Gasteiger charge is -2.02. The minimum Gasteiger partial charge on any atom is -0.465 e. The molecule has 0 bridgehead atoms. The maximum absolute atomic E-state index is 11.4. The number of benzene rings is 2. The van der Waals surface area contributed by atoms with E-state index < -0.39 is 0 Å². The van der Waals surface area contributed by atoms with Gasteiger partial charge >= 0.3 is 5.97 Å². The Hall–Kier alpha value is -3.15. The van der Waals surface area contributed by atoms with E-state index >= 15 is 0 Å². The summed E-state index contributed by atoms with van der Waals surface area (Å²) in [6.07, 6.45) is 0. The number of nitrogens with zero attached hydrogens (tertiary/aromatic N) is 4. The third-order valence-electron chi connectivity index (χ3n) is 3.08. The first-order valence-corrected chi connectivity index (χ1v) is 6.59. The highest BCUT2D eigenvalue weighted by Gasteiger charge is 2.08. The summed E-state index contributed by atoms with van der Waals surface area (Å²) in [5.41, 5.74) is 2.05. The molecule has 2 aromatic carbocycles. The normalized spacial score (nSPS) is 10.2. The first-order valence-electron chi connectivity index (χ1n) is 6.59. The Morgan fingerprint density at radius 2 is 1.27 bits per heavy atom. The molecule has 0 amide bonds. The zero-order chi connectivity index (χ0) is 15.4. The van der Waals surface area contributed by atoms with E-state index in [-0.39, 0.29) is 5.97 Å². The van der Waals surface area contributed by atoms with Gasteiger partial charge in [0.25, 0.3) is 0 Å². The van der Waals surface area contributed by atoms with Crippen LogP contribution in [-0.4, -0.2) is 33.5 Å². The number of carbonyl (C=O) groups is 1. The number of hydrogen-bond acceptors (Lipinski definition) is 6. The molecule has 6 nitrogen and oxygen atoms in total. The Labute approximate surface area is 126 Å². The van der Waals surface area contributed by atoms with Crippen LogP contribution in [0.5, 0.6) is 0 Å². The lowest BCUT2D eigenvalue weighted by atomic mass is 10.1. The summed E-state index contributed by atoms with van der Waals surface area (Å²) in [5.74, 6) is 0.481. The topological polar surface area (TPSA) is 77.9 Å². The fraction of sp³-hybridized carbons (Fsp3) is 0.0625. The Morgan fingerprint density at radius 1 is 0.773 bits per heavy atom. The fourth-order valence-electron chi connectivity index (χ4n) is 1.92. The van der Waals surface area contributed by atoms with Gasteiger partial charge in [-0.25, -0.2) is 4.79 Å². The predicted molar refractivity (Wildman–Crippen MR) is 79.8 cm³/mol. The summed E-state index contributed by atoms with van der Waals surface area (Å²) in [5, 5.41) is 16.3. The van der Waals surface area contributed by atoms with Crippen molar-refractivity contribution in [1.82, 2.24) is 20.4 Å². The molecule has 3 rings (SSSR count). The molecule has 1 aromatic heterocycles. The van der Waals surface area contributed by atoms with Crippen molar-refractivity contribution in [3.05, 3.63) is 60.2 Å². The summed E-state index contributed by atoms with van der Waals surface area (Å²) >= 11 is 0. The third kappa shape index (κ3) is 2.80. The van der Waals surface area contributed by atoms with E-state index in [0.29, 0.717) is 17.2 Å². The summed E-state index contributed by atoms with van der Waals surface area (Å²) in [4.78, 5) is 11.4. The van der Waals surface area contributed by atoms with Crippen molar-refractivity contribution < 1.29 is 9.53 Å². The van der Waals surface area contributed by atoms with Crippen LogP contribution in [0.15, 0.2) is 54.6 Å². The first-order chi connectivity index (χ1) is 10.8. The standard InChI is InChI=1S/C16H12N4O2/c1-22-16(21)13-9-7-12(8-10-13)15-19-17-14(18-20-15)11-5-3-2-4-6-11/h2-10H,1H3. The van der Waals surface area contributed by atoms with Crippen LogP contribution in [0.4, 0.5) is 0 Å². The average molecular weight is 292 g/mol. The molecule has 0 atom stereocenters. The van der Waals surface area contributed by atoms with Gasteiger partial charge in [0.05, 0.1) is 12.7 Å². The number of ether oxygens (including phenoxy) is 1. The third-order valence-corrected chi connectivity index (χ3v) is 3.08. The van der Waals surface area contributed by atoms with Gasteiger partial charge in [-0.05, 0) is 12.1 Å². The first kappa shape index (κ1) is 13.8. The molecule has 0 unspecified atom stereocenters. The minimum atomic E-state index is -0.386. The highest BCUT2D eigenvalue weighted by atomic mass is 16.5. The number of carbonyl (C=O) groups excluding carboxylic acids is 1. The van der Waals surface area contributed by atoms with E-state index in [1.54, 1.807) is 24.3 Å². The van der Waals surface area contributed by atoms with Crippen LogP contribution in [0.2, 0.25) is 0 Å². The van der Waals surface area contributed by atoms with Crippen molar-refractivity contribution in [3.63, 3.8) is 0 Å². The second-order valence-corrected chi connectivity index (χ2v) is 4.48. The minimum absolute atomic E-state index is 0.386. The van der Waals surface area contributed by atoms with E-state index in [0.717, 1.165) is 11.1 Å². The van der Waals surface area contributed by atoms with E-state index in [9.17, 15) is 4.79 Å². The number of methoxy groups -OCH3 is 1. The molecule has 22 heavy (non-hydrogen) atoms. The van der Waals surface area contributed by atoms with E-state index in [2.05, 4.69) is 25.1 Å². The SMILES string of the molecule is COC(=O)c1ccc(-c2nnc(-c3ccccc3)nn2)cc1. The number of aromatic nitrogens is 4. The second-order valence-electron chi connectivity index (χ2n) is 4.48. The van der Waals surface area contributed by atoms with E-state index in [1.807, 2.05) is 30.3 Å². The maximum atomic E-state index is 11.4. The van der Waals surface area contributed by atoms with Crippen LogP contribution in [0, 0.1) is 0 Å². The Balaban J connectivity index is 1.85. The molecular weight excluding hydrogens is 280 g/mol. The Morgan fingerprint density at radius 3 is 1.77 bits per heavy atom. The molecule has 3 aromatic rings. The van der Waals surface area contributed by atoms with Crippen LogP contribution in [0.1, 0.15) is 10.4 Å². The summed E-state index contributed by atoms with van der Waals surface area (Å²) in [6, 6.07) is 16.3. The van der Waals surface area contributed by atoms with Gasteiger partial charge in [-0.15, -0.1) is 20.4 Å². The molecule has 0 radical (unpaired) electrons. The molecule has 0 aliphatic rings. The van der Waals surface area contributed by atoms with Gasteiger partial charge in [-0.2, -0.15) is 0 Å². The van der Waals surface area contributed by atoms with Gasteiger partial charge in [0.2, 0.25) is 11.6 Å². The largest absolute Gasteiger partial charge is 0.465 e. The van der Waals surface area contributed by atoms with E-state index in [1.165, 1.54) is 7.11 Å². The van der Waals surface area contributed by atoms with Crippen LogP contribution in [0.25, 0.3) is 22.8 Å². The highest BCUT2D eigenvalue weighted by Crippen LogP contribution is 2.16. The van der Waals surface area contributed by atoms with Crippen LogP contribution >= 0.6 is 0 Å². The molecule has 0 aliphatic heterocycles. The van der Waals surface area contributed by atoms with Gasteiger partial charge in [0.15, 0.2) is 0 Å². The van der Waals surface area contributed by atoms with Gasteiger partial charge in [0, 0.05) is 11.1 Å². The lowest BCUT2D eigenvalue weighted by Crippen LogP contribution is -2.02. The molecule has 0 spiro atoms. The molecule has 0 saturated carbocycles. The van der Waals surface area contributed by atoms with Crippen LogP contribution in [-0.2, 0) is 4.74 Å². The van der Waals surface area contributed by atoms with Gasteiger partial charge in [-0.3, -0.25) is 0 Å². The van der Waals surface area contributed by atoms with Crippen molar-refractivity contribution in [1.29, 1.82) is 0 Å². The molecule has 1 heterocycles. The van der Waals surface area contributed by atoms with Crippen molar-refractivity contribution in [2.45, 2.75) is 0 Å². The highest BCUT2D eigenvalue weighted by molar-refractivity contribution is 5.89. The number of hydrogen-bond donors (Lipinski definition) is 0. The van der Waals surface area contributed by atoms with Gasteiger partial charge < -0.3 is 4.74 Å². The Kier molecular flexibility index (Phi) is 3.82. The summed E-state index contributed by atoms with van der Waals surface area (Å²) < 4.78 is 4.65. The van der Waals surface area contributed by atoms with Crippen molar-refractivity contribution in [2.75, 3.05) is 7.11 Å². The quantitative estimate of drug-likeness (QED) is 0.690. The molecule has 6 heteroatoms. The zero-order valence-corrected chi connectivity index (χ0v) is 11.8. The van der Waals surface area contributed by atoms with E-state index in [4.69, 9.17) is 0 Å². The summed E-state index contributed by atoms with van der Waals surface area (Å²) in [6.45, 7) is 0. The molecule has 0 N–H and O–H groups in total. The monoisotopic (exact) mass is 292 g/mol. The van der Waals surface area contributed by atoms with Crippen LogP contribution in [0.3, 0.4) is 0 Å². The molecule has 0 saturated heterocycles. The van der Waals surface area contributed by atoms with Gasteiger partial charge in [0.1, 0.15) is 0 Å². The average Bonchev–Trinajstić information content (AvgIpc) is 2.62. The second kappa shape index (κ2) is 6.09. The van der Waals surface area contributed by atoms with Crippen LogP contribution < -0.4 is 0 Å². The molecule has 0 fully saturated rings. The Bertz CT molecular complexity index is 772. The number of rotatable bonds is 3. The molecular formula is C16H12N4O2. The van der Waals surface area contributed by atoms with Crippen molar-refractivity contribution in [3.8, 4) is 22.8 Å². The molecule has 0 aliphatic carbocycles.